The third-order valence-corrected chi connectivity index (χ3v) is 7.98. The first-order chi connectivity index (χ1) is 13.5. The number of carbonyl (C=O) groups excluding carboxylic acids is 1. The van der Waals surface area contributed by atoms with Crippen molar-refractivity contribution in [3.63, 3.8) is 0 Å². The van der Waals surface area contributed by atoms with E-state index in [1.807, 2.05) is 17.9 Å². The molecule has 1 saturated carbocycles. The van der Waals surface area contributed by atoms with Crippen LogP contribution in [-0.2, 0) is 14.8 Å². The van der Waals surface area contributed by atoms with Crippen molar-refractivity contribution < 1.29 is 13.2 Å². The fourth-order valence-corrected chi connectivity index (χ4v) is 5.88. The van der Waals surface area contributed by atoms with E-state index in [9.17, 15) is 13.2 Å². The minimum Gasteiger partial charge on any atom is -0.340 e. The van der Waals surface area contributed by atoms with Gasteiger partial charge >= 0.3 is 0 Å². The monoisotopic (exact) mass is 403 g/mol. The molecule has 0 bridgehead atoms. The van der Waals surface area contributed by atoms with Crippen LogP contribution in [0, 0.1) is 17.2 Å². The summed E-state index contributed by atoms with van der Waals surface area (Å²) in [5.41, 5.74) is 0.436. The normalized spacial score (nSPS) is 19.9. The van der Waals surface area contributed by atoms with Crippen molar-refractivity contribution in [2.45, 2.75) is 62.8 Å². The van der Waals surface area contributed by atoms with Gasteiger partial charge in [-0.3, -0.25) is 4.79 Å². The average Bonchev–Trinajstić information content (AvgIpc) is 2.75. The molecule has 28 heavy (non-hydrogen) atoms. The van der Waals surface area contributed by atoms with Gasteiger partial charge in [0.25, 0.3) is 0 Å². The molecule has 1 heterocycles. The van der Waals surface area contributed by atoms with Gasteiger partial charge in [-0.15, -0.1) is 0 Å². The fraction of sp³-hybridized carbons (Fsp3) is 0.619. The van der Waals surface area contributed by atoms with Crippen LogP contribution in [0.1, 0.15) is 57.4 Å². The number of sulfonamides is 1. The van der Waals surface area contributed by atoms with E-state index in [0.717, 1.165) is 19.4 Å². The molecule has 152 valence electrons. The molecule has 1 aromatic rings. The second-order valence-corrected chi connectivity index (χ2v) is 9.67. The molecule has 0 N–H and O–H groups in total. The lowest BCUT2D eigenvalue weighted by Crippen LogP contribution is -2.48. The van der Waals surface area contributed by atoms with Crippen LogP contribution in [0.4, 0.5) is 0 Å². The molecule has 1 amide bonds. The first kappa shape index (κ1) is 20.8. The zero-order chi connectivity index (χ0) is 20.1. The first-order valence-corrected chi connectivity index (χ1v) is 11.7. The summed E-state index contributed by atoms with van der Waals surface area (Å²) in [6.45, 7) is 3.49. The Morgan fingerprint density at radius 3 is 2.25 bits per heavy atom. The largest absolute Gasteiger partial charge is 0.340 e. The predicted octanol–water partition coefficient (Wildman–Crippen LogP) is 3.14. The maximum Gasteiger partial charge on any atom is 0.243 e. The summed E-state index contributed by atoms with van der Waals surface area (Å²) >= 11 is 0. The Morgan fingerprint density at radius 1 is 1.11 bits per heavy atom. The number of carbonyl (C=O) groups is 1. The van der Waals surface area contributed by atoms with Crippen LogP contribution in [0.2, 0.25) is 0 Å². The zero-order valence-corrected chi connectivity index (χ0v) is 17.3. The molecule has 1 aliphatic carbocycles. The van der Waals surface area contributed by atoms with Gasteiger partial charge in [0.05, 0.1) is 16.5 Å². The third-order valence-electron chi connectivity index (χ3n) is 6.06. The Kier molecular flexibility index (Phi) is 6.73. The molecule has 1 aromatic carbocycles. The van der Waals surface area contributed by atoms with Crippen LogP contribution in [0.5, 0.6) is 0 Å². The van der Waals surface area contributed by atoms with Crippen molar-refractivity contribution in [1.82, 2.24) is 9.21 Å². The molecular weight excluding hydrogens is 374 g/mol. The molecule has 7 heteroatoms. The summed E-state index contributed by atoms with van der Waals surface area (Å²) in [7, 11) is -3.58. The molecule has 3 rings (SSSR count). The molecule has 0 spiro atoms. The molecule has 0 radical (unpaired) electrons. The van der Waals surface area contributed by atoms with Gasteiger partial charge in [-0.25, -0.2) is 8.42 Å². The highest BCUT2D eigenvalue weighted by atomic mass is 32.2. The lowest BCUT2D eigenvalue weighted by atomic mass is 9.91. The predicted molar refractivity (Wildman–Crippen MR) is 107 cm³/mol. The van der Waals surface area contributed by atoms with Gasteiger partial charge < -0.3 is 4.90 Å². The number of piperidine rings is 1. The highest BCUT2D eigenvalue weighted by Crippen LogP contribution is 2.28. The van der Waals surface area contributed by atoms with Crippen molar-refractivity contribution in [2.75, 3.05) is 19.6 Å². The van der Waals surface area contributed by atoms with Crippen molar-refractivity contribution in [2.24, 2.45) is 5.92 Å². The number of hydrogen-bond donors (Lipinski definition) is 0. The third kappa shape index (κ3) is 4.39. The number of nitriles is 1. The standard InChI is InChI=1S/C21H29N3O3S/c1-2-24(19-6-4-3-5-7-19)21(25)18-12-14-23(15-13-18)28(26,27)20-10-8-17(16-22)9-11-20/h8-11,18-19H,2-7,12-15H2,1H3. The van der Waals surface area contributed by atoms with Crippen LogP contribution in [0.15, 0.2) is 29.2 Å². The Morgan fingerprint density at radius 2 is 1.71 bits per heavy atom. The summed E-state index contributed by atoms with van der Waals surface area (Å²) in [4.78, 5) is 15.3. The van der Waals surface area contributed by atoms with E-state index < -0.39 is 10.0 Å². The van der Waals surface area contributed by atoms with Crippen molar-refractivity contribution in [3.8, 4) is 6.07 Å². The van der Waals surface area contributed by atoms with Gasteiger partial charge in [-0.2, -0.15) is 9.57 Å². The first-order valence-electron chi connectivity index (χ1n) is 10.3. The number of amides is 1. The van der Waals surface area contributed by atoms with Gasteiger partial charge in [0.2, 0.25) is 15.9 Å². The summed E-state index contributed by atoms with van der Waals surface area (Å²) in [6, 6.07) is 8.35. The van der Waals surface area contributed by atoms with E-state index in [0.29, 0.717) is 37.5 Å². The van der Waals surface area contributed by atoms with Crippen LogP contribution in [0.3, 0.4) is 0 Å². The molecule has 0 unspecified atom stereocenters. The summed E-state index contributed by atoms with van der Waals surface area (Å²) in [5, 5.41) is 8.87. The number of rotatable bonds is 5. The Bertz CT molecular complexity index is 815. The minimum atomic E-state index is -3.58. The quantitative estimate of drug-likeness (QED) is 0.756. The van der Waals surface area contributed by atoms with Crippen molar-refractivity contribution in [1.29, 1.82) is 5.26 Å². The van der Waals surface area contributed by atoms with Crippen LogP contribution >= 0.6 is 0 Å². The fourth-order valence-electron chi connectivity index (χ4n) is 4.41. The maximum atomic E-state index is 13.1. The molecule has 0 atom stereocenters. The maximum absolute atomic E-state index is 13.1. The van der Waals surface area contributed by atoms with Crippen LogP contribution < -0.4 is 0 Å². The number of nitrogens with zero attached hydrogens (tertiary/aromatic N) is 3. The Hall–Kier alpha value is -1.91. The van der Waals surface area contributed by atoms with Gasteiger partial charge in [-0.05, 0) is 56.9 Å². The van der Waals surface area contributed by atoms with E-state index >= 15 is 0 Å². The molecule has 6 nitrogen and oxygen atoms in total. The second kappa shape index (κ2) is 9.06. The van der Waals surface area contributed by atoms with Gasteiger partial charge in [0, 0.05) is 31.6 Å². The second-order valence-electron chi connectivity index (χ2n) is 7.73. The van der Waals surface area contributed by atoms with E-state index in [2.05, 4.69) is 0 Å². The Balaban J connectivity index is 1.62. The van der Waals surface area contributed by atoms with Gasteiger partial charge in [0.15, 0.2) is 0 Å². The summed E-state index contributed by atoms with van der Waals surface area (Å²) < 4.78 is 27.2. The van der Waals surface area contributed by atoms with E-state index in [4.69, 9.17) is 5.26 Å². The van der Waals surface area contributed by atoms with Crippen LogP contribution in [-0.4, -0.2) is 49.2 Å². The lowest BCUT2D eigenvalue weighted by Gasteiger charge is -2.38. The molecule has 1 aliphatic heterocycles. The molecule has 2 aliphatic rings. The highest BCUT2D eigenvalue weighted by molar-refractivity contribution is 7.89. The lowest BCUT2D eigenvalue weighted by molar-refractivity contribution is -0.139. The van der Waals surface area contributed by atoms with E-state index in [-0.39, 0.29) is 16.7 Å². The topological polar surface area (TPSA) is 81.5 Å². The molecular formula is C21H29N3O3S. The average molecular weight is 404 g/mol. The smallest absolute Gasteiger partial charge is 0.243 e. The van der Waals surface area contributed by atoms with Gasteiger partial charge in [-0.1, -0.05) is 19.3 Å². The number of benzene rings is 1. The molecule has 0 aromatic heterocycles. The van der Waals surface area contributed by atoms with E-state index in [1.54, 1.807) is 0 Å². The van der Waals surface area contributed by atoms with E-state index in [1.165, 1.54) is 47.8 Å². The van der Waals surface area contributed by atoms with Crippen LogP contribution in [0.25, 0.3) is 0 Å². The molecule has 2 fully saturated rings. The summed E-state index contributed by atoms with van der Waals surface area (Å²) in [6.07, 6.45) is 6.95. The zero-order valence-electron chi connectivity index (χ0n) is 16.5. The summed E-state index contributed by atoms with van der Waals surface area (Å²) in [5.74, 6) is 0.110. The van der Waals surface area contributed by atoms with Gasteiger partial charge in [0.1, 0.15) is 0 Å². The Labute approximate surface area is 168 Å². The molecule has 1 saturated heterocycles. The van der Waals surface area contributed by atoms with Crippen molar-refractivity contribution in [3.05, 3.63) is 29.8 Å². The SMILES string of the molecule is CCN(C(=O)C1CCN(S(=O)(=O)c2ccc(C#N)cc2)CC1)C1CCCCC1. The number of hydrogen-bond acceptors (Lipinski definition) is 4. The minimum absolute atomic E-state index is 0.0886. The highest BCUT2D eigenvalue weighted by Gasteiger charge is 2.35. The van der Waals surface area contributed by atoms with Crippen molar-refractivity contribution >= 4 is 15.9 Å².